The van der Waals surface area contributed by atoms with Gasteiger partial charge >= 0.3 is 5.91 Å². The SMILES string of the molecule is Cc1[nH]c2ccccc2c1C(=O)C(=O)Nn1cnc2c(cnn2-c2ccccc2)c1=O. The zero-order valence-electron chi connectivity index (χ0n) is 16.4. The van der Waals surface area contributed by atoms with Crippen LogP contribution in [0.3, 0.4) is 0 Å². The summed E-state index contributed by atoms with van der Waals surface area (Å²) in [6.07, 6.45) is 2.55. The molecule has 31 heavy (non-hydrogen) atoms. The fourth-order valence-electron chi connectivity index (χ4n) is 3.59. The Morgan fingerprint density at radius 1 is 1.00 bits per heavy atom. The Morgan fingerprint density at radius 3 is 2.55 bits per heavy atom. The van der Waals surface area contributed by atoms with Gasteiger partial charge in [-0.25, -0.2) is 14.3 Å². The zero-order chi connectivity index (χ0) is 21.5. The molecule has 5 rings (SSSR count). The number of para-hydroxylation sites is 2. The molecule has 0 saturated carbocycles. The van der Waals surface area contributed by atoms with Crippen molar-refractivity contribution in [2.75, 3.05) is 5.43 Å². The Labute approximate surface area is 174 Å². The van der Waals surface area contributed by atoms with Crippen LogP contribution in [0, 0.1) is 6.92 Å². The fourth-order valence-corrected chi connectivity index (χ4v) is 3.59. The summed E-state index contributed by atoms with van der Waals surface area (Å²) in [7, 11) is 0. The van der Waals surface area contributed by atoms with Gasteiger partial charge in [-0.05, 0) is 25.1 Å². The third-order valence-electron chi connectivity index (χ3n) is 5.04. The topological polar surface area (TPSA) is 115 Å². The molecule has 3 aromatic heterocycles. The number of hydrogen-bond donors (Lipinski definition) is 2. The molecule has 5 aromatic rings. The van der Waals surface area contributed by atoms with Gasteiger partial charge in [0.15, 0.2) is 5.65 Å². The molecular formula is C22H16N6O3. The summed E-state index contributed by atoms with van der Waals surface area (Å²) >= 11 is 0. The predicted molar refractivity (Wildman–Crippen MR) is 115 cm³/mol. The average molecular weight is 412 g/mol. The van der Waals surface area contributed by atoms with E-state index in [0.29, 0.717) is 16.7 Å². The fraction of sp³-hybridized carbons (Fsp3) is 0.0455. The van der Waals surface area contributed by atoms with Crippen LogP contribution in [-0.2, 0) is 4.79 Å². The van der Waals surface area contributed by atoms with Crippen molar-refractivity contribution in [3.63, 3.8) is 0 Å². The number of nitrogens with one attached hydrogen (secondary N) is 2. The molecule has 0 atom stereocenters. The lowest BCUT2D eigenvalue weighted by atomic mass is 10.1. The highest BCUT2D eigenvalue weighted by atomic mass is 16.2. The summed E-state index contributed by atoms with van der Waals surface area (Å²) in [5.74, 6) is -1.69. The van der Waals surface area contributed by atoms with Gasteiger partial charge < -0.3 is 4.98 Å². The molecular weight excluding hydrogens is 396 g/mol. The number of hydrogen-bond acceptors (Lipinski definition) is 5. The van der Waals surface area contributed by atoms with E-state index in [1.165, 1.54) is 17.2 Å². The molecule has 2 aromatic carbocycles. The maximum absolute atomic E-state index is 12.8. The first-order chi connectivity index (χ1) is 15.0. The summed E-state index contributed by atoms with van der Waals surface area (Å²) in [4.78, 5) is 45.6. The van der Waals surface area contributed by atoms with Gasteiger partial charge in [-0.3, -0.25) is 19.8 Å². The smallest absolute Gasteiger partial charge is 0.311 e. The van der Waals surface area contributed by atoms with E-state index in [4.69, 9.17) is 0 Å². The second-order valence-electron chi connectivity index (χ2n) is 6.99. The van der Waals surface area contributed by atoms with E-state index < -0.39 is 17.2 Å². The minimum atomic E-state index is -0.938. The molecule has 0 spiro atoms. The van der Waals surface area contributed by atoms with Gasteiger partial charge in [-0.2, -0.15) is 5.10 Å². The van der Waals surface area contributed by atoms with Crippen molar-refractivity contribution in [3.05, 3.63) is 88.7 Å². The van der Waals surface area contributed by atoms with Gasteiger partial charge in [0.2, 0.25) is 0 Å². The van der Waals surface area contributed by atoms with Crippen molar-refractivity contribution in [1.29, 1.82) is 0 Å². The monoisotopic (exact) mass is 412 g/mol. The standard InChI is InChI=1S/C22H16N6O3/c1-13-18(15-9-5-6-10-17(15)25-13)19(29)21(30)26-27-12-23-20-16(22(27)31)11-24-28(20)14-7-3-2-4-8-14/h2-12,25H,1H3,(H,26,30). The highest BCUT2D eigenvalue weighted by molar-refractivity contribution is 6.47. The molecule has 0 aliphatic rings. The number of rotatable bonds is 4. The predicted octanol–water partition coefficient (Wildman–Crippen LogP) is 2.32. The van der Waals surface area contributed by atoms with Crippen molar-refractivity contribution >= 4 is 33.6 Å². The molecule has 9 nitrogen and oxygen atoms in total. The molecule has 0 bridgehead atoms. The first kappa shape index (κ1) is 18.5. The van der Waals surface area contributed by atoms with Crippen molar-refractivity contribution < 1.29 is 9.59 Å². The molecule has 0 fully saturated rings. The molecule has 3 heterocycles. The number of ketones is 1. The lowest BCUT2D eigenvalue weighted by Crippen LogP contribution is -2.37. The second kappa shape index (κ2) is 7.06. The second-order valence-corrected chi connectivity index (χ2v) is 6.99. The lowest BCUT2D eigenvalue weighted by molar-refractivity contribution is -0.113. The van der Waals surface area contributed by atoms with Crippen molar-refractivity contribution in [3.8, 4) is 5.69 Å². The number of aryl methyl sites for hydroxylation is 1. The van der Waals surface area contributed by atoms with Crippen LogP contribution in [0.15, 0.2) is 71.9 Å². The Balaban J connectivity index is 1.48. The van der Waals surface area contributed by atoms with Crippen LogP contribution in [0.5, 0.6) is 0 Å². The minimum Gasteiger partial charge on any atom is -0.358 e. The number of carbonyl (C=O) groups excluding carboxylic acids is 2. The number of aromatic amines is 1. The Hall–Kier alpha value is -4.53. The number of aromatic nitrogens is 5. The van der Waals surface area contributed by atoms with Gasteiger partial charge in [0.05, 0.1) is 17.4 Å². The van der Waals surface area contributed by atoms with Gasteiger partial charge in [0.25, 0.3) is 11.3 Å². The highest BCUT2D eigenvalue weighted by Gasteiger charge is 2.23. The third-order valence-corrected chi connectivity index (χ3v) is 5.04. The summed E-state index contributed by atoms with van der Waals surface area (Å²) in [5.41, 5.74) is 4.49. The van der Waals surface area contributed by atoms with Crippen LogP contribution >= 0.6 is 0 Å². The number of carbonyl (C=O) groups is 2. The van der Waals surface area contributed by atoms with E-state index in [-0.39, 0.29) is 10.9 Å². The molecule has 0 saturated heterocycles. The largest absolute Gasteiger partial charge is 0.358 e. The number of benzene rings is 2. The van der Waals surface area contributed by atoms with Gasteiger partial charge in [0.1, 0.15) is 11.7 Å². The van der Waals surface area contributed by atoms with Gasteiger partial charge in [-0.15, -0.1) is 0 Å². The molecule has 0 radical (unpaired) electrons. The van der Waals surface area contributed by atoms with Crippen molar-refractivity contribution in [2.24, 2.45) is 0 Å². The van der Waals surface area contributed by atoms with E-state index in [2.05, 4.69) is 20.5 Å². The van der Waals surface area contributed by atoms with Crippen LogP contribution < -0.4 is 11.0 Å². The summed E-state index contributed by atoms with van der Waals surface area (Å²) in [5, 5.41) is 5.08. The van der Waals surface area contributed by atoms with E-state index in [0.717, 1.165) is 15.9 Å². The molecule has 152 valence electrons. The quantitative estimate of drug-likeness (QED) is 0.347. The van der Waals surface area contributed by atoms with Crippen LogP contribution in [0.4, 0.5) is 0 Å². The molecule has 0 unspecified atom stereocenters. The maximum atomic E-state index is 12.8. The molecule has 0 aliphatic heterocycles. The summed E-state index contributed by atoms with van der Waals surface area (Å²) in [6.45, 7) is 1.72. The van der Waals surface area contributed by atoms with E-state index in [1.54, 1.807) is 19.1 Å². The average Bonchev–Trinajstić information content (AvgIpc) is 3.36. The highest BCUT2D eigenvalue weighted by Crippen LogP contribution is 2.22. The van der Waals surface area contributed by atoms with E-state index in [1.807, 2.05) is 42.5 Å². The first-order valence-corrected chi connectivity index (χ1v) is 9.48. The summed E-state index contributed by atoms with van der Waals surface area (Å²) < 4.78 is 2.42. The normalized spacial score (nSPS) is 11.1. The Kier molecular flexibility index (Phi) is 4.21. The molecule has 0 aliphatic carbocycles. The Morgan fingerprint density at radius 2 is 1.74 bits per heavy atom. The number of Topliss-reactive ketones (excluding diaryl/α,β-unsaturated/α-hetero) is 1. The molecule has 1 amide bonds. The number of nitrogens with zero attached hydrogens (tertiary/aromatic N) is 4. The molecule has 9 heteroatoms. The molecule has 2 N–H and O–H groups in total. The van der Waals surface area contributed by atoms with Crippen LogP contribution in [0.2, 0.25) is 0 Å². The number of amides is 1. The summed E-state index contributed by atoms with van der Waals surface area (Å²) in [6, 6.07) is 16.5. The van der Waals surface area contributed by atoms with Gasteiger partial charge in [0, 0.05) is 16.6 Å². The van der Waals surface area contributed by atoms with E-state index >= 15 is 0 Å². The van der Waals surface area contributed by atoms with Crippen molar-refractivity contribution in [1.82, 2.24) is 24.4 Å². The zero-order valence-corrected chi connectivity index (χ0v) is 16.4. The van der Waals surface area contributed by atoms with Gasteiger partial charge in [-0.1, -0.05) is 36.4 Å². The number of fused-ring (bicyclic) bond motifs is 2. The number of H-pyrrole nitrogens is 1. The van der Waals surface area contributed by atoms with Crippen LogP contribution in [0.25, 0.3) is 27.6 Å². The van der Waals surface area contributed by atoms with E-state index in [9.17, 15) is 14.4 Å². The van der Waals surface area contributed by atoms with Crippen molar-refractivity contribution in [2.45, 2.75) is 6.92 Å². The van der Waals surface area contributed by atoms with Crippen LogP contribution in [-0.4, -0.2) is 36.1 Å². The maximum Gasteiger partial charge on any atom is 0.311 e. The lowest BCUT2D eigenvalue weighted by Gasteiger charge is -2.08. The first-order valence-electron chi connectivity index (χ1n) is 9.48. The third kappa shape index (κ3) is 2.99. The Bertz CT molecular complexity index is 1530. The van der Waals surface area contributed by atoms with Crippen LogP contribution in [0.1, 0.15) is 16.1 Å². The minimum absolute atomic E-state index is 0.211.